The van der Waals surface area contributed by atoms with Crippen LogP contribution in [-0.2, 0) is 9.59 Å². The second kappa shape index (κ2) is 5.68. The lowest BCUT2D eigenvalue weighted by Crippen LogP contribution is -2.33. The summed E-state index contributed by atoms with van der Waals surface area (Å²) in [7, 11) is 0. The summed E-state index contributed by atoms with van der Waals surface area (Å²) in [5, 5.41) is 8.42. The van der Waals surface area contributed by atoms with Crippen molar-refractivity contribution >= 4 is 12.3 Å². The van der Waals surface area contributed by atoms with Gasteiger partial charge in [-0.1, -0.05) is 0 Å². The van der Waals surface area contributed by atoms with Crippen LogP contribution in [-0.4, -0.2) is 29.9 Å². The van der Waals surface area contributed by atoms with Crippen LogP contribution in [0.2, 0.25) is 0 Å². The van der Waals surface area contributed by atoms with Gasteiger partial charge in [0.2, 0.25) is 0 Å². The van der Waals surface area contributed by atoms with Gasteiger partial charge in [-0.25, -0.2) is 0 Å². The number of carbonyl (C=O) groups is 2. The van der Waals surface area contributed by atoms with E-state index in [9.17, 15) is 9.59 Å². The number of carboxylic acid groups (broad SMARTS) is 1. The van der Waals surface area contributed by atoms with Crippen molar-refractivity contribution in [2.75, 3.05) is 6.54 Å². The molecule has 2 unspecified atom stereocenters. The lowest BCUT2D eigenvalue weighted by atomic mass is 9.99. The third kappa shape index (κ3) is 4.05. The van der Waals surface area contributed by atoms with Crippen LogP contribution in [0.25, 0.3) is 0 Å². The van der Waals surface area contributed by atoms with Crippen LogP contribution < -0.4 is 11.5 Å². The Morgan fingerprint density at radius 2 is 2.17 bits per heavy atom. The Hall–Kier alpha value is -0.940. The van der Waals surface area contributed by atoms with E-state index in [2.05, 4.69) is 0 Å². The van der Waals surface area contributed by atoms with Crippen molar-refractivity contribution in [1.29, 1.82) is 0 Å². The fourth-order valence-corrected chi connectivity index (χ4v) is 0.883. The minimum Gasteiger partial charge on any atom is -0.480 e. The summed E-state index contributed by atoms with van der Waals surface area (Å²) in [4.78, 5) is 20.6. The van der Waals surface area contributed by atoms with Crippen LogP contribution in [0.5, 0.6) is 0 Å². The zero-order chi connectivity index (χ0) is 9.56. The van der Waals surface area contributed by atoms with Crippen molar-refractivity contribution in [3.63, 3.8) is 0 Å². The molecule has 70 valence electrons. The molecule has 0 rings (SSSR count). The van der Waals surface area contributed by atoms with Crippen LogP contribution in [0.4, 0.5) is 0 Å². The van der Waals surface area contributed by atoms with Gasteiger partial charge in [-0.3, -0.25) is 4.79 Å². The summed E-state index contributed by atoms with van der Waals surface area (Å²) in [6.45, 7) is 0.371. The zero-order valence-electron chi connectivity index (χ0n) is 6.77. The van der Waals surface area contributed by atoms with Crippen molar-refractivity contribution in [1.82, 2.24) is 0 Å². The Bertz CT molecular complexity index is 161. The molecule has 0 aromatic heterocycles. The van der Waals surface area contributed by atoms with Crippen LogP contribution in [0.3, 0.4) is 0 Å². The van der Waals surface area contributed by atoms with Gasteiger partial charge >= 0.3 is 5.97 Å². The monoisotopic (exact) mass is 174 g/mol. The van der Waals surface area contributed by atoms with Gasteiger partial charge in [-0.2, -0.15) is 0 Å². The van der Waals surface area contributed by atoms with E-state index in [1.807, 2.05) is 0 Å². The van der Waals surface area contributed by atoms with Crippen molar-refractivity contribution < 1.29 is 14.7 Å². The molecular weight excluding hydrogens is 160 g/mol. The molecule has 0 radical (unpaired) electrons. The molecule has 0 heterocycles. The van der Waals surface area contributed by atoms with E-state index in [1.54, 1.807) is 0 Å². The Kier molecular flexibility index (Phi) is 5.23. The van der Waals surface area contributed by atoms with E-state index in [4.69, 9.17) is 16.6 Å². The number of nitrogens with two attached hydrogens (primary N) is 2. The molecule has 0 amide bonds. The number of hydrogen-bond acceptors (Lipinski definition) is 4. The first-order valence-corrected chi connectivity index (χ1v) is 3.75. The molecule has 5 nitrogen and oxygen atoms in total. The minimum atomic E-state index is -1.08. The first-order chi connectivity index (χ1) is 5.61. The van der Waals surface area contributed by atoms with Crippen LogP contribution in [0.15, 0.2) is 0 Å². The fraction of sp³-hybridized carbons (Fsp3) is 0.714. The highest BCUT2D eigenvalue weighted by Gasteiger charge is 2.17. The van der Waals surface area contributed by atoms with Gasteiger partial charge in [0.25, 0.3) is 0 Å². The molecule has 0 aromatic rings. The molecule has 5 heteroatoms. The molecular formula is C7H14N2O3. The molecule has 0 aliphatic heterocycles. The summed E-state index contributed by atoms with van der Waals surface area (Å²) >= 11 is 0. The molecule has 2 atom stereocenters. The van der Waals surface area contributed by atoms with Gasteiger partial charge in [-0.05, 0) is 19.4 Å². The molecule has 5 N–H and O–H groups in total. The van der Waals surface area contributed by atoms with E-state index in [0.717, 1.165) is 0 Å². The number of hydrogen-bond donors (Lipinski definition) is 3. The van der Waals surface area contributed by atoms with Crippen molar-refractivity contribution in [3.05, 3.63) is 0 Å². The predicted octanol–water partition coefficient (Wildman–Crippen LogP) is -1.05. The van der Waals surface area contributed by atoms with Crippen molar-refractivity contribution in [3.8, 4) is 0 Å². The van der Waals surface area contributed by atoms with E-state index in [0.29, 0.717) is 19.3 Å². The third-order valence-electron chi connectivity index (χ3n) is 1.60. The molecule has 0 spiro atoms. The number of carbonyl (C=O) groups excluding carboxylic acids is 1. The van der Waals surface area contributed by atoms with Crippen LogP contribution in [0.1, 0.15) is 12.8 Å². The minimum absolute atomic E-state index is 0.163. The Labute approximate surface area is 70.7 Å². The lowest BCUT2D eigenvalue weighted by Gasteiger charge is -2.11. The number of aldehydes is 1. The molecule has 0 saturated heterocycles. The van der Waals surface area contributed by atoms with Gasteiger partial charge < -0.3 is 21.4 Å². The van der Waals surface area contributed by atoms with E-state index in [-0.39, 0.29) is 12.3 Å². The molecule has 0 saturated carbocycles. The van der Waals surface area contributed by atoms with Crippen molar-refractivity contribution in [2.45, 2.75) is 18.9 Å². The lowest BCUT2D eigenvalue weighted by molar-refractivity contribution is -0.139. The summed E-state index contributed by atoms with van der Waals surface area (Å²) in [5.41, 5.74) is 10.4. The molecule has 0 aromatic carbocycles. The number of carboxylic acids is 1. The Morgan fingerprint density at radius 1 is 1.58 bits per heavy atom. The molecule has 0 aliphatic rings. The largest absolute Gasteiger partial charge is 0.480 e. The fourth-order valence-electron chi connectivity index (χ4n) is 0.883. The number of rotatable bonds is 6. The molecule has 12 heavy (non-hydrogen) atoms. The third-order valence-corrected chi connectivity index (χ3v) is 1.60. The molecule has 0 aliphatic carbocycles. The highest BCUT2D eigenvalue weighted by atomic mass is 16.4. The second-order valence-electron chi connectivity index (χ2n) is 2.65. The maximum absolute atomic E-state index is 10.3. The number of aliphatic carboxylic acids is 1. The average molecular weight is 174 g/mol. The van der Waals surface area contributed by atoms with Crippen LogP contribution in [0, 0.1) is 5.92 Å². The maximum atomic E-state index is 10.3. The zero-order valence-corrected chi connectivity index (χ0v) is 6.77. The topological polar surface area (TPSA) is 106 Å². The van der Waals surface area contributed by atoms with E-state index >= 15 is 0 Å². The highest BCUT2D eigenvalue weighted by Crippen LogP contribution is 2.06. The van der Waals surface area contributed by atoms with Gasteiger partial charge in [0.15, 0.2) is 0 Å². The SMILES string of the molecule is NCCC(C=O)CC(N)C(=O)O. The first kappa shape index (κ1) is 11.1. The van der Waals surface area contributed by atoms with Crippen LogP contribution >= 0.6 is 0 Å². The Morgan fingerprint density at radius 3 is 2.50 bits per heavy atom. The van der Waals surface area contributed by atoms with Gasteiger partial charge in [-0.15, -0.1) is 0 Å². The predicted molar refractivity (Wildman–Crippen MR) is 43.5 cm³/mol. The standard InChI is InChI=1S/C7H14N2O3/c8-2-1-5(4-10)3-6(9)7(11)12/h4-6H,1-3,8-9H2,(H,11,12). The summed E-state index contributed by atoms with van der Waals surface area (Å²) < 4.78 is 0. The van der Waals surface area contributed by atoms with Gasteiger partial charge in [0, 0.05) is 5.92 Å². The van der Waals surface area contributed by atoms with Gasteiger partial charge in [0.05, 0.1) is 0 Å². The normalized spacial score (nSPS) is 15.2. The average Bonchev–Trinajstić information content (AvgIpc) is 2.03. The summed E-state index contributed by atoms with van der Waals surface area (Å²) in [6, 6.07) is -0.966. The second-order valence-corrected chi connectivity index (χ2v) is 2.65. The first-order valence-electron chi connectivity index (χ1n) is 3.75. The Balaban J connectivity index is 3.84. The van der Waals surface area contributed by atoms with Crippen molar-refractivity contribution in [2.24, 2.45) is 17.4 Å². The van der Waals surface area contributed by atoms with E-state index < -0.39 is 12.0 Å². The smallest absolute Gasteiger partial charge is 0.320 e. The quantitative estimate of drug-likeness (QED) is 0.445. The summed E-state index contributed by atoms with van der Waals surface area (Å²) in [5.74, 6) is -1.42. The molecule has 0 bridgehead atoms. The summed E-state index contributed by atoms with van der Waals surface area (Å²) in [6.07, 6.45) is 1.36. The molecule has 0 fully saturated rings. The highest BCUT2D eigenvalue weighted by molar-refractivity contribution is 5.73. The van der Waals surface area contributed by atoms with E-state index in [1.165, 1.54) is 0 Å². The maximum Gasteiger partial charge on any atom is 0.320 e. The van der Waals surface area contributed by atoms with Gasteiger partial charge in [0.1, 0.15) is 12.3 Å².